The maximum absolute atomic E-state index is 13.1. The van der Waals surface area contributed by atoms with Crippen molar-refractivity contribution in [3.8, 4) is 0 Å². The first-order chi connectivity index (χ1) is 10.0. The van der Waals surface area contributed by atoms with Crippen LogP contribution in [0.4, 0.5) is 0 Å². The number of carbonyl (C=O) groups is 2. The van der Waals surface area contributed by atoms with Crippen LogP contribution < -0.4 is 5.32 Å². The van der Waals surface area contributed by atoms with E-state index in [9.17, 15) is 9.59 Å². The van der Waals surface area contributed by atoms with E-state index in [1.165, 1.54) is 5.54 Å². The lowest BCUT2D eigenvalue weighted by atomic mass is 9.74. The van der Waals surface area contributed by atoms with Gasteiger partial charge in [-0.1, -0.05) is 36.9 Å². The lowest BCUT2D eigenvalue weighted by molar-refractivity contribution is -0.165. The molecule has 0 aromatic carbocycles. The van der Waals surface area contributed by atoms with Crippen molar-refractivity contribution in [1.29, 1.82) is 0 Å². The molecule has 3 fully saturated rings. The molecule has 1 N–H and O–H groups in total. The Morgan fingerprint density at radius 1 is 1.29 bits per heavy atom. The number of carbonyl (C=O) groups excluding carboxylic acids is 2. The third-order valence-electron chi connectivity index (χ3n) is 5.45. The summed E-state index contributed by atoms with van der Waals surface area (Å²) in [6.07, 6.45) is 8.49. The Balaban J connectivity index is 1.96. The molecule has 0 aromatic rings. The number of piperazine rings is 1. The Bertz CT molecular complexity index is 481. The highest BCUT2D eigenvalue weighted by atomic mass is 35.5. The van der Waals surface area contributed by atoms with E-state index in [2.05, 4.69) is 5.32 Å². The van der Waals surface area contributed by atoms with Gasteiger partial charge in [0.05, 0.1) is 0 Å². The number of amides is 2. The summed E-state index contributed by atoms with van der Waals surface area (Å²) < 4.78 is 0. The second-order valence-electron chi connectivity index (χ2n) is 6.80. The Labute approximate surface area is 130 Å². The largest absolute Gasteiger partial charge is 0.340 e. The molecule has 1 spiro atoms. The highest BCUT2D eigenvalue weighted by Crippen LogP contribution is 2.46. The lowest BCUT2D eigenvalue weighted by Gasteiger charge is -2.53. The van der Waals surface area contributed by atoms with Gasteiger partial charge in [0.15, 0.2) is 0 Å². The molecule has 2 amide bonds. The Morgan fingerprint density at radius 2 is 1.95 bits per heavy atom. The van der Waals surface area contributed by atoms with Crippen molar-refractivity contribution < 1.29 is 9.59 Å². The standard InChI is InChI=1S/C16H23ClN2O2/c1-15(12-6-7-12)14(21)19(11-5-10-17)16(13(20)18-15)8-3-2-4-9-16/h5,10,12H,2-4,6-9,11H2,1H3,(H,18,20)/b10-5+. The van der Waals surface area contributed by atoms with Crippen LogP contribution in [0.5, 0.6) is 0 Å². The second kappa shape index (κ2) is 5.31. The van der Waals surface area contributed by atoms with Crippen molar-refractivity contribution in [1.82, 2.24) is 10.2 Å². The topological polar surface area (TPSA) is 49.4 Å². The van der Waals surface area contributed by atoms with E-state index >= 15 is 0 Å². The minimum atomic E-state index is -0.722. The lowest BCUT2D eigenvalue weighted by Crippen LogP contribution is -2.76. The van der Waals surface area contributed by atoms with E-state index in [0.29, 0.717) is 6.54 Å². The monoisotopic (exact) mass is 310 g/mol. The van der Waals surface area contributed by atoms with E-state index < -0.39 is 11.1 Å². The van der Waals surface area contributed by atoms with Crippen LogP contribution in [0.25, 0.3) is 0 Å². The predicted octanol–water partition coefficient (Wildman–Crippen LogP) is 2.57. The normalized spacial score (nSPS) is 32.8. The van der Waals surface area contributed by atoms with Gasteiger partial charge in [-0.15, -0.1) is 0 Å². The van der Waals surface area contributed by atoms with Crippen LogP contribution in [-0.4, -0.2) is 34.3 Å². The zero-order valence-corrected chi connectivity index (χ0v) is 13.3. The molecule has 0 radical (unpaired) electrons. The summed E-state index contributed by atoms with van der Waals surface area (Å²) in [7, 11) is 0. The van der Waals surface area contributed by atoms with Gasteiger partial charge < -0.3 is 10.2 Å². The summed E-state index contributed by atoms with van der Waals surface area (Å²) in [5.74, 6) is 0.401. The molecule has 1 aliphatic heterocycles. The number of halogens is 1. The van der Waals surface area contributed by atoms with Crippen LogP contribution in [0.2, 0.25) is 0 Å². The van der Waals surface area contributed by atoms with E-state index in [4.69, 9.17) is 11.6 Å². The molecule has 0 aromatic heterocycles. The minimum Gasteiger partial charge on any atom is -0.340 e. The Hall–Kier alpha value is -1.03. The molecule has 1 heterocycles. The molecule has 4 nitrogen and oxygen atoms in total. The van der Waals surface area contributed by atoms with Gasteiger partial charge in [-0.25, -0.2) is 0 Å². The Morgan fingerprint density at radius 3 is 2.52 bits per heavy atom. The number of nitrogens with one attached hydrogen (secondary N) is 1. The first-order valence-corrected chi connectivity index (χ1v) is 8.38. The average Bonchev–Trinajstić information content (AvgIpc) is 3.32. The van der Waals surface area contributed by atoms with Crippen molar-refractivity contribution in [3.63, 3.8) is 0 Å². The minimum absolute atomic E-state index is 0.0409. The molecule has 3 aliphatic rings. The number of hydrogen-bond acceptors (Lipinski definition) is 2. The van der Waals surface area contributed by atoms with Gasteiger partial charge in [-0.3, -0.25) is 9.59 Å². The molecule has 0 bridgehead atoms. The molecular formula is C16H23ClN2O2. The molecule has 21 heavy (non-hydrogen) atoms. The fraction of sp³-hybridized carbons (Fsp3) is 0.750. The SMILES string of the molecule is CC1(C2CC2)NC(=O)C2(CCCCC2)N(C/C=C/Cl)C1=O. The molecular weight excluding hydrogens is 288 g/mol. The molecule has 3 rings (SSSR count). The highest BCUT2D eigenvalue weighted by Gasteiger charge is 2.60. The fourth-order valence-electron chi connectivity index (χ4n) is 3.98. The Kier molecular flexibility index (Phi) is 3.76. The first-order valence-electron chi connectivity index (χ1n) is 7.94. The van der Waals surface area contributed by atoms with Gasteiger partial charge >= 0.3 is 0 Å². The highest BCUT2D eigenvalue weighted by molar-refractivity contribution is 6.25. The van der Waals surface area contributed by atoms with E-state index in [1.54, 1.807) is 6.08 Å². The van der Waals surface area contributed by atoms with Crippen molar-refractivity contribution in [3.05, 3.63) is 11.6 Å². The third kappa shape index (κ3) is 2.28. The van der Waals surface area contributed by atoms with E-state index in [-0.39, 0.29) is 17.7 Å². The fourth-order valence-corrected chi connectivity index (χ4v) is 4.06. The van der Waals surface area contributed by atoms with Crippen LogP contribution in [0.1, 0.15) is 51.9 Å². The summed E-state index contributed by atoms with van der Waals surface area (Å²) in [5.41, 5.74) is 0.0604. The quantitative estimate of drug-likeness (QED) is 0.871. The van der Waals surface area contributed by atoms with Crippen molar-refractivity contribution in [2.24, 2.45) is 5.92 Å². The van der Waals surface area contributed by atoms with Crippen LogP contribution in [0, 0.1) is 5.92 Å². The smallest absolute Gasteiger partial charge is 0.249 e. The van der Waals surface area contributed by atoms with E-state index in [0.717, 1.165) is 44.9 Å². The van der Waals surface area contributed by atoms with Crippen LogP contribution in [0.15, 0.2) is 11.6 Å². The van der Waals surface area contributed by atoms with Gasteiger partial charge in [0, 0.05) is 12.1 Å². The summed E-state index contributed by atoms with van der Waals surface area (Å²) in [5, 5.41) is 3.08. The predicted molar refractivity (Wildman–Crippen MR) is 81.8 cm³/mol. The van der Waals surface area contributed by atoms with Crippen LogP contribution >= 0.6 is 11.6 Å². The number of rotatable bonds is 3. The van der Waals surface area contributed by atoms with E-state index in [1.807, 2.05) is 11.8 Å². The van der Waals surface area contributed by atoms with Gasteiger partial charge in [0.25, 0.3) is 0 Å². The second-order valence-corrected chi connectivity index (χ2v) is 7.05. The van der Waals surface area contributed by atoms with Crippen LogP contribution in [-0.2, 0) is 9.59 Å². The number of hydrogen-bond donors (Lipinski definition) is 1. The summed E-state index contributed by atoms with van der Waals surface area (Å²) >= 11 is 5.66. The maximum Gasteiger partial charge on any atom is 0.249 e. The average molecular weight is 311 g/mol. The van der Waals surface area contributed by atoms with Crippen molar-refractivity contribution in [2.45, 2.75) is 62.9 Å². The third-order valence-corrected chi connectivity index (χ3v) is 5.63. The summed E-state index contributed by atoms with van der Waals surface area (Å²) in [4.78, 5) is 27.8. The van der Waals surface area contributed by atoms with Gasteiger partial charge in [-0.2, -0.15) is 0 Å². The zero-order chi connectivity index (χ0) is 15.1. The van der Waals surface area contributed by atoms with Crippen LogP contribution in [0.3, 0.4) is 0 Å². The van der Waals surface area contributed by atoms with Crippen molar-refractivity contribution >= 4 is 23.4 Å². The van der Waals surface area contributed by atoms with Crippen molar-refractivity contribution in [2.75, 3.05) is 6.54 Å². The first kappa shape index (κ1) is 14.9. The number of nitrogens with zero attached hydrogens (tertiary/aromatic N) is 1. The van der Waals surface area contributed by atoms with Gasteiger partial charge in [-0.05, 0) is 38.5 Å². The molecule has 1 atom stereocenters. The molecule has 1 unspecified atom stereocenters. The zero-order valence-electron chi connectivity index (χ0n) is 12.5. The summed E-state index contributed by atoms with van der Waals surface area (Å²) in [6, 6.07) is 0. The summed E-state index contributed by atoms with van der Waals surface area (Å²) in [6.45, 7) is 2.32. The molecule has 116 valence electrons. The molecule has 1 saturated heterocycles. The maximum atomic E-state index is 13.1. The van der Waals surface area contributed by atoms with Gasteiger partial charge in [0.2, 0.25) is 11.8 Å². The molecule has 2 aliphatic carbocycles. The molecule has 5 heteroatoms. The molecule has 2 saturated carbocycles. The van der Waals surface area contributed by atoms with Gasteiger partial charge in [0.1, 0.15) is 11.1 Å².